The minimum absolute atomic E-state index is 0.252. The van der Waals surface area contributed by atoms with E-state index in [2.05, 4.69) is 0 Å². The van der Waals surface area contributed by atoms with Crippen LogP contribution in [0.1, 0.15) is 18.6 Å². The van der Waals surface area contributed by atoms with E-state index in [4.69, 9.17) is 3.07 Å². The van der Waals surface area contributed by atoms with Gasteiger partial charge < -0.3 is 0 Å². The van der Waals surface area contributed by atoms with Crippen LogP contribution in [0.3, 0.4) is 0 Å². The first-order chi connectivity index (χ1) is 17.0. The zero-order valence-corrected chi connectivity index (χ0v) is 21.3. The fourth-order valence-electron chi connectivity index (χ4n) is 3.40. The molecule has 1 nitrogen and oxygen atoms in total. The van der Waals surface area contributed by atoms with Crippen molar-refractivity contribution in [3.63, 3.8) is 0 Å². The zero-order chi connectivity index (χ0) is 28.8. The third kappa shape index (κ3) is 7.74. The van der Waals surface area contributed by atoms with Crippen molar-refractivity contribution >= 4 is 18.8 Å². The number of alkyl halides is 15. The van der Waals surface area contributed by atoms with Gasteiger partial charge in [0.15, 0.2) is 0 Å². The Labute approximate surface area is 205 Å². The summed E-state index contributed by atoms with van der Waals surface area (Å²) in [7, 11) is 0. The molecular weight excluding hydrogens is 660 g/mol. The van der Waals surface area contributed by atoms with Crippen LogP contribution in [-0.2, 0) is 3.07 Å². The summed E-state index contributed by atoms with van der Waals surface area (Å²) in [6.45, 7) is 0.751. The van der Waals surface area contributed by atoms with Gasteiger partial charge >= 0.3 is 206 Å². The topological polar surface area (TPSA) is 9.23 Å². The summed E-state index contributed by atoms with van der Waals surface area (Å²) in [5, 5.41) is 0. The first-order valence-corrected chi connectivity index (χ1v) is 16.5. The molecule has 0 aliphatic heterocycles. The van der Waals surface area contributed by atoms with Crippen molar-refractivity contribution in [2.45, 2.75) is 81.9 Å². The maximum absolute atomic E-state index is 15.3. The fourth-order valence-corrected chi connectivity index (χ4v) is 15.1. The Morgan fingerprint density at radius 3 is 1.05 bits per heavy atom. The van der Waals surface area contributed by atoms with E-state index in [0.717, 1.165) is 19.1 Å². The second kappa shape index (κ2) is 14.4. The molecular formula is C20H21F15OSn. The quantitative estimate of drug-likeness (QED) is 0.141. The van der Waals surface area contributed by atoms with Gasteiger partial charge in [0.25, 0.3) is 0 Å². The molecule has 0 saturated carbocycles. The molecule has 0 amide bonds. The predicted octanol–water partition coefficient (Wildman–Crippen LogP) is 7.17. The van der Waals surface area contributed by atoms with E-state index in [1.165, 1.54) is 18.2 Å². The molecule has 37 heavy (non-hydrogen) atoms. The molecule has 0 saturated heterocycles. The van der Waals surface area contributed by atoms with Gasteiger partial charge in [-0.25, -0.2) is 0 Å². The SMILES string of the molecule is CC([O][Sn]([CH](F)C(F)C(F)C(F)F)([CH](F)C(F)C(F)C(F)F)[CH](F)C(F)C(F)C(F)F)c1ccccc1. The van der Waals surface area contributed by atoms with Crippen LogP contribution in [0.4, 0.5) is 65.9 Å². The minimum atomic E-state index is -8.30. The molecule has 10 unspecified atom stereocenters. The average molecular weight is 681 g/mol. The van der Waals surface area contributed by atoms with E-state index < -0.39 is 93.8 Å². The Morgan fingerprint density at radius 2 is 0.784 bits per heavy atom. The first-order valence-electron chi connectivity index (χ1n) is 10.4. The summed E-state index contributed by atoms with van der Waals surface area (Å²) in [6.07, 6.45) is -41.0. The number of rotatable bonds is 15. The van der Waals surface area contributed by atoms with Crippen LogP contribution in [0.25, 0.3) is 0 Å². The molecule has 10 atom stereocenters. The molecule has 0 aliphatic carbocycles. The van der Waals surface area contributed by atoms with Crippen LogP contribution >= 0.6 is 0 Å². The summed E-state index contributed by atoms with van der Waals surface area (Å²) in [4.78, 5) is 0. The Morgan fingerprint density at radius 1 is 0.486 bits per heavy atom. The molecule has 216 valence electrons. The molecule has 0 spiro atoms. The van der Waals surface area contributed by atoms with Gasteiger partial charge in [-0.2, -0.15) is 0 Å². The van der Waals surface area contributed by atoms with E-state index in [9.17, 15) is 52.7 Å². The molecule has 0 fully saturated rings. The molecule has 1 rings (SSSR count). The summed E-state index contributed by atoms with van der Waals surface area (Å²) in [6, 6.07) is 5.82. The summed E-state index contributed by atoms with van der Waals surface area (Å²) in [5.41, 5.74) is -0.252. The Balaban J connectivity index is 3.86. The van der Waals surface area contributed by atoms with E-state index in [-0.39, 0.29) is 5.56 Å². The monoisotopic (exact) mass is 682 g/mol. The number of hydrogen-bond donors (Lipinski definition) is 0. The molecule has 0 radical (unpaired) electrons. The molecule has 0 aromatic heterocycles. The Bertz CT molecular complexity index is 726. The summed E-state index contributed by atoms with van der Waals surface area (Å²) < 4.78 is 198. The van der Waals surface area contributed by atoms with Crippen LogP contribution in [0, 0.1) is 0 Å². The molecule has 0 bridgehead atoms. The van der Waals surface area contributed by atoms with E-state index in [1.54, 1.807) is 0 Å². The van der Waals surface area contributed by atoms with Crippen LogP contribution < -0.4 is 0 Å². The molecule has 17 heteroatoms. The first kappa shape index (κ1) is 34.0. The van der Waals surface area contributed by atoms with Crippen molar-refractivity contribution in [1.29, 1.82) is 0 Å². The Kier molecular flexibility index (Phi) is 13.2. The van der Waals surface area contributed by atoms with Crippen molar-refractivity contribution in [3.05, 3.63) is 35.9 Å². The van der Waals surface area contributed by atoms with Gasteiger partial charge in [-0.3, -0.25) is 0 Å². The summed E-state index contributed by atoms with van der Waals surface area (Å²) in [5.74, 6) is 0. The maximum atomic E-state index is 15.3. The fraction of sp³-hybridized carbons (Fsp3) is 0.700. The van der Waals surface area contributed by atoms with Crippen molar-refractivity contribution < 1.29 is 68.9 Å². The number of benzene rings is 1. The Hall–Kier alpha value is -1.07. The van der Waals surface area contributed by atoms with Gasteiger partial charge in [-0.15, -0.1) is 0 Å². The van der Waals surface area contributed by atoms with Crippen molar-refractivity contribution in [3.8, 4) is 0 Å². The second-order valence-corrected chi connectivity index (χ2v) is 18.2. The van der Waals surface area contributed by atoms with E-state index in [1.807, 2.05) is 0 Å². The molecule has 1 aromatic carbocycles. The molecule has 0 heterocycles. The van der Waals surface area contributed by atoms with Gasteiger partial charge in [0.2, 0.25) is 0 Å². The van der Waals surface area contributed by atoms with Crippen molar-refractivity contribution in [2.75, 3.05) is 0 Å². The third-order valence-electron chi connectivity index (χ3n) is 5.42. The number of halogens is 15. The van der Waals surface area contributed by atoms with Crippen molar-refractivity contribution in [2.24, 2.45) is 0 Å². The molecule has 0 N–H and O–H groups in total. The standard InChI is InChI=1S/C8H9O.3C4H4F5.Sn/c1-7(9)8-5-3-2-4-6-8;3*5-1-2(6)3(7)4(8)9;/h2-7H,1H3;3*1-4H;/q-1;;;;+1. The predicted molar refractivity (Wildman–Crippen MR) is 104 cm³/mol. The van der Waals surface area contributed by atoms with Crippen LogP contribution in [-0.4, -0.2) is 87.7 Å². The van der Waals surface area contributed by atoms with Crippen molar-refractivity contribution in [1.82, 2.24) is 0 Å². The van der Waals surface area contributed by atoms with E-state index in [0.29, 0.717) is 0 Å². The van der Waals surface area contributed by atoms with Gasteiger partial charge in [0.1, 0.15) is 0 Å². The van der Waals surface area contributed by atoms with Crippen LogP contribution in [0.5, 0.6) is 0 Å². The van der Waals surface area contributed by atoms with Crippen LogP contribution in [0.2, 0.25) is 0 Å². The third-order valence-corrected chi connectivity index (χ3v) is 17.7. The van der Waals surface area contributed by atoms with Gasteiger partial charge in [-0.1, -0.05) is 0 Å². The molecule has 1 aromatic rings. The number of hydrogen-bond acceptors (Lipinski definition) is 1. The summed E-state index contributed by atoms with van der Waals surface area (Å²) >= 11 is -8.30. The average Bonchev–Trinajstić information content (AvgIpc) is 2.87. The van der Waals surface area contributed by atoms with Gasteiger partial charge in [-0.05, 0) is 0 Å². The normalized spacial score (nSPS) is 22.6. The van der Waals surface area contributed by atoms with Crippen LogP contribution in [0.15, 0.2) is 30.3 Å². The zero-order valence-electron chi connectivity index (χ0n) is 18.5. The van der Waals surface area contributed by atoms with Gasteiger partial charge in [0.05, 0.1) is 0 Å². The second-order valence-electron chi connectivity index (χ2n) is 7.90. The van der Waals surface area contributed by atoms with E-state index >= 15 is 13.2 Å². The van der Waals surface area contributed by atoms with Gasteiger partial charge in [0, 0.05) is 0 Å². The molecule has 0 aliphatic rings.